The zero-order valence-corrected chi connectivity index (χ0v) is 14.7. The molecule has 0 spiro atoms. The maximum atomic E-state index is 12.0. The van der Waals surface area contributed by atoms with E-state index in [2.05, 4.69) is 5.32 Å². The lowest BCUT2D eigenvalue weighted by Gasteiger charge is -2.16. The van der Waals surface area contributed by atoms with Crippen molar-refractivity contribution < 1.29 is 23.9 Å². The number of rotatable bonds is 7. The first kappa shape index (κ1) is 18.5. The van der Waals surface area contributed by atoms with Crippen molar-refractivity contribution in [2.24, 2.45) is 0 Å². The molecule has 25 heavy (non-hydrogen) atoms. The maximum Gasteiger partial charge on any atom is 0.348 e. The third-order valence-corrected chi connectivity index (χ3v) is 4.06. The number of carbonyl (C=O) groups is 3. The highest BCUT2D eigenvalue weighted by molar-refractivity contribution is 7.11. The zero-order valence-electron chi connectivity index (χ0n) is 13.9. The highest BCUT2D eigenvalue weighted by Crippen LogP contribution is 2.16. The van der Waals surface area contributed by atoms with Crippen LogP contribution in [0.2, 0.25) is 0 Å². The summed E-state index contributed by atoms with van der Waals surface area (Å²) < 4.78 is 10.0. The van der Waals surface area contributed by atoms with E-state index in [9.17, 15) is 14.4 Å². The molecule has 1 aromatic heterocycles. The van der Waals surface area contributed by atoms with Crippen LogP contribution < -0.4 is 10.1 Å². The van der Waals surface area contributed by atoms with E-state index in [1.807, 2.05) is 0 Å². The minimum Gasteiger partial charge on any atom is -0.497 e. The van der Waals surface area contributed by atoms with Gasteiger partial charge in [-0.2, -0.15) is 0 Å². The molecule has 0 aliphatic heterocycles. The van der Waals surface area contributed by atoms with Crippen molar-refractivity contribution in [3.63, 3.8) is 0 Å². The second-order valence-corrected chi connectivity index (χ2v) is 6.03. The van der Waals surface area contributed by atoms with E-state index in [1.165, 1.54) is 30.4 Å². The van der Waals surface area contributed by atoms with E-state index in [1.54, 1.807) is 41.8 Å². The van der Waals surface area contributed by atoms with Crippen molar-refractivity contribution in [2.75, 3.05) is 32.6 Å². The molecule has 0 saturated heterocycles. The summed E-state index contributed by atoms with van der Waals surface area (Å²) in [6.07, 6.45) is 0. The van der Waals surface area contributed by atoms with Crippen molar-refractivity contribution in [1.29, 1.82) is 0 Å². The number of thiophene rings is 1. The molecule has 0 aliphatic carbocycles. The van der Waals surface area contributed by atoms with Gasteiger partial charge in [0, 0.05) is 18.8 Å². The van der Waals surface area contributed by atoms with Crippen LogP contribution in [0, 0.1) is 0 Å². The minimum absolute atomic E-state index is 0.160. The summed E-state index contributed by atoms with van der Waals surface area (Å²) in [6.45, 7) is -0.577. The molecule has 1 N–H and O–H groups in total. The molecule has 8 heteroatoms. The molecule has 1 aromatic carbocycles. The van der Waals surface area contributed by atoms with Crippen LogP contribution in [0.25, 0.3) is 0 Å². The van der Waals surface area contributed by atoms with Gasteiger partial charge < -0.3 is 19.7 Å². The molecule has 0 fully saturated rings. The molecule has 0 radical (unpaired) electrons. The predicted octanol–water partition coefficient (Wildman–Crippen LogP) is 2.01. The molecule has 1 heterocycles. The highest BCUT2D eigenvalue weighted by Gasteiger charge is 2.16. The summed E-state index contributed by atoms with van der Waals surface area (Å²) in [5, 5.41) is 4.41. The molecule has 2 amide bonds. The van der Waals surface area contributed by atoms with Crippen LogP contribution in [0.3, 0.4) is 0 Å². The Morgan fingerprint density at radius 3 is 2.68 bits per heavy atom. The topological polar surface area (TPSA) is 84.9 Å². The molecular formula is C17H18N2O5S. The first-order valence-electron chi connectivity index (χ1n) is 7.38. The standard InChI is InChI=1S/C17H18N2O5S/c1-19(16(21)11-24-17(22)14-7-4-8-25-14)10-15(20)18-12-5-3-6-13(9-12)23-2/h3-9H,10-11H2,1-2H3,(H,18,20). The molecule has 2 aromatic rings. The van der Waals surface area contributed by atoms with Crippen LogP contribution in [0.1, 0.15) is 9.67 Å². The van der Waals surface area contributed by atoms with Crippen molar-refractivity contribution in [3.05, 3.63) is 46.7 Å². The molecule has 0 bridgehead atoms. The smallest absolute Gasteiger partial charge is 0.348 e. The Balaban J connectivity index is 1.79. The Morgan fingerprint density at radius 1 is 1.20 bits per heavy atom. The molecule has 132 valence electrons. The lowest BCUT2D eigenvalue weighted by atomic mass is 10.3. The molecule has 0 unspecified atom stereocenters. The van der Waals surface area contributed by atoms with Gasteiger partial charge in [-0.25, -0.2) is 4.79 Å². The SMILES string of the molecule is COc1cccc(NC(=O)CN(C)C(=O)COC(=O)c2cccs2)c1. The predicted molar refractivity (Wildman–Crippen MR) is 93.9 cm³/mol. The quantitative estimate of drug-likeness (QED) is 0.762. The summed E-state index contributed by atoms with van der Waals surface area (Å²) in [6, 6.07) is 10.2. The average Bonchev–Trinajstić information content (AvgIpc) is 3.14. The second kappa shape index (κ2) is 8.84. The van der Waals surface area contributed by atoms with Crippen LogP contribution >= 0.6 is 11.3 Å². The van der Waals surface area contributed by atoms with Gasteiger partial charge in [-0.15, -0.1) is 11.3 Å². The van der Waals surface area contributed by atoms with Crippen molar-refractivity contribution in [1.82, 2.24) is 4.90 Å². The second-order valence-electron chi connectivity index (χ2n) is 5.08. The summed E-state index contributed by atoms with van der Waals surface area (Å²) in [7, 11) is 3.00. The van der Waals surface area contributed by atoms with Crippen LogP contribution in [0.15, 0.2) is 41.8 Å². The summed E-state index contributed by atoms with van der Waals surface area (Å²) in [5.74, 6) is -0.778. The van der Waals surface area contributed by atoms with Crippen molar-refractivity contribution in [3.8, 4) is 5.75 Å². The average molecular weight is 362 g/mol. The molecule has 0 atom stereocenters. The van der Waals surface area contributed by atoms with Gasteiger partial charge in [0.05, 0.1) is 13.7 Å². The molecular weight excluding hydrogens is 344 g/mol. The number of methoxy groups -OCH3 is 1. The van der Waals surface area contributed by atoms with Crippen LogP contribution in [0.4, 0.5) is 5.69 Å². The Kier molecular flexibility index (Phi) is 6.53. The van der Waals surface area contributed by atoms with Crippen molar-refractivity contribution >= 4 is 34.8 Å². The normalized spacial score (nSPS) is 10.0. The Labute approximate surface area is 149 Å². The van der Waals surface area contributed by atoms with E-state index >= 15 is 0 Å². The number of benzene rings is 1. The fraction of sp³-hybridized carbons (Fsp3) is 0.235. The van der Waals surface area contributed by atoms with Crippen LogP contribution in [-0.2, 0) is 14.3 Å². The molecule has 2 rings (SSSR count). The van der Waals surface area contributed by atoms with Gasteiger partial charge in [0.1, 0.15) is 10.6 Å². The van der Waals surface area contributed by atoms with Gasteiger partial charge >= 0.3 is 5.97 Å². The number of likely N-dealkylation sites (N-methyl/N-ethyl adjacent to an activating group) is 1. The first-order chi connectivity index (χ1) is 12.0. The van der Waals surface area contributed by atoms with E-state index in [0.717, 1.165) is 0 Å². The van der Waals surface area contributed by atoms with Crippen LogP contribution in [-0.4, -0.2) is 50.0 Å². The maximum absolute atomic E-state index is 12.0. The van der Waals surface area contributed by atoms with Crippen LogP contribution in [0.5, 0.6) is 5.75 Å². The third kappa shape index (κ3) is 5.61. The van der Waals surface area contributed by atoms with E-state index < -0.39 is 18.5 Å². The number of hydrogen-bond donors (Lipinski definition) is 1. The zero-order chi connectivity index (χ0) is 18.2. The number of amides is 2. The first-order valence-corrected chi connectivity index (χ1v) is 8.26. The lowest BCUT2D eigenvalue weighted by molar-refractivity contribution is -0.136. The summed E-state index contributed by atoms with van der Waals surface area (Å²) >= 11 is 1.23. The summed E-state index contributed by atoms with van der Waals surface area (Å²) in [5.41, 5.74) is 0.564. The summed E-state index contributed by atoms with van der Waals surface area (Å²) in [4.78, 5) is 37.3. The van der Waals surface area contributed by atoms with E-state index in [4.69, 9.17) is 9.47 Å². The lowest BCUT2D eigenvalue weighted by Crippen LogP contribution is -2.37. The van der Waals surface area contributed by atoms with Gasteiger partial charge in [-0.1, -0.05) is 12.1 Å². The van der Waals surface area contributed by atoms with E-state index in [-0.39, 0.29) is 12.5 Å². The van der Waals surface area contributed by atoms with Gasteiger partial charge in [-0.3, -0.25) is 9.59 Å². The number of carbonyl (C=O) groups excluding carboxylic acids is 3. The van der Waals surface area contributed by atoms with E-state index in [0.29, 0.717) is 16.3 Å². The monoisotopic (exact) mass is 362 g/mol. The van der Waals surface area contributed by atoms with Gasteiger partial charge in [0.2, 0.25) is 5.91 Å². The Morgan fingerprint density at radius 2 is 2.00 bits per heavy atom. The molecule has 0 aliphatic rings. The number of hydrogen-bond acceptors (Lipinski definition) is 6. The number of ether oxygens (including phenoxy) is 2. The highest BCUT2D eigenvalue weighted by atomic mass is 32.1. The van der Waals surface area contributed by atoms with Gasteiger partial charge in [0.25, 0.3) is 5.91 Å². The van der Waals surface area contributed by atoms with Gasteiger partial charge in [0.15, 0.2) is 6.61 Å². The number of nitrogens with one attached hydrogen (secondary N) is 1. The molecule has 0 saturated carbocycles. The Bertz CT molecular complexity index is 745. The third-order valence-electron chi connectivity index (χ3n) is 3.21. The fourth-order valence-corrected chi connectivity index (χ4v) is 2.52. The van der Waals surface area contributed by atoms with Gasteiger partial charge in [-0.05, 0) is 23.6 Å². The number of esters is 1. The Hall–Kier alpha value is -2.87. The molecule has 7 nitrogen and oxygen atoms in total. The largest absolute Gasteiger partial charge is 0.497 e. The number of nitrogens with zero attached hydrogens (tertiary/aromatic N) is 1. The van der Waals surface area contributed by atoms with Crippen molar-refractivity contribution in [2.45, 2.75) is 0 Å². The minimum atomic E-state index is -0.558. The fourth-order valence-electron chi connectivity index (χ4n) is 1.91. The number of anilines is 1.